The van der Waals surface area contributed by atoms with Gasteiger partial charge in [-0.15, -0.1) is 0 Å². The maximum absolute atomic E-state index is 11.6. The third-order valence-corrected chi connectivity index (χ3v) is 17.0. The van der Waals surface area contributed by atoms with E-state index in [1.807, 2.05) is 13.8 Å². The van der Waals surface area contributed by atoms with Crippen molar-refractivity contribution < 1.29 is 64.5 Å². The van der Waals surface area contributed by atoms with Crippen LogP contribution in [0.1, 0.15) is 113 Å². The van der Waals surface area contributed by atoms with Gasteiger partial charge < -0.3 is 64.5 Å². The lowest BCUT2D eigenvalue weighted by atomic mass is 9.35. The highest BCUT2D eigenvalue weighted by Gasteiger charge is 2.72. The Hall–Kier alpha value is -0.520. The predicted molar refractivity (Wildman–Crippen MR) is 194 cm³/mol. The van der Waals surface area contributed by atoms with E-state index in [4.69, 9.17) is 23.7 Å². The summed E-state index contributed by atoms with van der Waals surface area (Å²) in [6.07, 6.45) is -6.34. The summed E-state index contributed by atoms with van der Waals surface area (Å²) in [6.45, 7) is 16.5. The first-order chi connectivity index (χ1) is 25.0. The molecular formula is C41H70O13. The molecule has 7 aliphatic rings. The predicted octanol–water partition coefficient (Wildman–Crippen LogP) is 2.00. The van der Waals surface area contributed by atoms with Crippen molar-refractivity contribution in [2.75, 3.05) is 13.2 Å². The van der Waals surface area contributed by atoms with Crippen molar-refractivity contribution in [3.05, 3.63) is 0 Å². The van der Waals surface area contributed by atoms with Crippen molar-refractivity contribution in [3.63, 3.8) is 0 Å². The van der Waals surface area contributed by atoms with E-state index in [9.17, 15) is 40.9 Å². The molecule has 20 atom stereocenters. The fourth-order valence-corrected chi connectivity index (χ4v) is 13.9. The molecule has 7 rings (SSSR count). The molecule has 4 aliphatic carbocycles. The first kappa shape index (κ1) is 41.6. The van der Waals surface area contributed by atoms with Gasteiger partial charge in [0.05, 0.1) is 42.7 Å². The summed E-state index contributed by atoms with van der Waals surface area (Å²) < 4.78 is 31.8. The highest BCUT2D eigenvalue weighted by molar-refractivity contribution is 5.21. The summed E-state index contributed by atoms with van der Waals surface area (Å²) >= 11 is 0. The summed E-state index contributed by atoms with van der Waals surface area (Å²) in [4.78, 5) is 0. The van der Waals surface area contributed by atoms with E-state index >= 15 is 0 Å². The number of ether oxygens (including phenoxy) is 5. The van der Waals surface area contributed by atoms with E-state index < -0.39 is 85.1 Å². The summed E-state index contributed by atoms with van der Waals surface area (Å²) in [6, 6.07) is 0. The molecule has 0 radical (unpaired) electrons. The molecule has 7 fully saturated rings. The average molecular weight is 771 g/mol. The molecule has 0 aromatic carbocycles. The number of fused-ring (bicyclic) bond motifs is 5. The molecule has 0 spiro atoms. The Labute approximate surface area is 320 Å². The maximum atomic E-state index is 11.6. The van der Waals surface area contributed by atoms with E-state index in [0.717, 1.165) is 44.9 Å². The van der Waals surface area contributed by atoms with Crippen LogP contribution in [-0.2, 0) is 23.7 Å². The molecule has 0 bridgehead atoms. The second kappa shape index (κ2) is 14.1. The molecule has 8 N–H and O–H groups in total. The van der Waals surface area contributed by atoms with Crippen LogP contribution in [0.25, 0.3) is 0 Å². The monoisotopic (exact) mass is 770 g/mol. The van der Waals surface area contributed by atoms with Gasteiger partial charge in [0, 0.05) is 0 Å². The van der Waals surface area contributed by atoms with Gasteiger partial charge in [0.2, 0.25) is 0 Å². The van der Waals surface area contributed by atoms with E-state index in [0.29, 0.717) is 30.6 Å². The summed E-state index contributed by atoms with van der Waals surface area (Å²) in [5.41, 5.74) is -2.35. The van der Waals surface area contributed by atoms with Gasteiger partial charge in [0.1, 0.15) is 42.7 Å². The SMILES string of the molecule is CC(C)(O)[C@@H]1CC[C@@](C)(C2CC[C@]3(C)[C@@H]2CC[C@@H]2[C@@]4(C)CC[C@H](O)C(C)(C)[C@@H]4[C@@H](O[C@@H]4O[C@H](CO)[C@@H](O)[C@H](O)[C@H]4O[C@@H]4OC[C@@H](O)[C@H](O)[C@H]4O)C[C@]23C)O1. The van der Waals surface area contributed by atoms with Crippen molar-refractivity contribution in [2.24, 2.45) is 45.3 Å². The van der Waals surface area contributed by atoms with Crippen molar-refractivity contribution in [1.29, 1.82) is 0 Å². The highest BCUT2D eigenvalue weighted by atomic mass is 16.8. The topological polar surface area (TPSA) is 208 Å². The number of hydrogen-bond acceptors (Lipinski definition) is 13. The lowest BCUT2D eigenvalue weighted by Crippen LogP contribution is -2.69. The van der Waals surface area contributed by atoms with E-state index in [-0.39, 0.29) is 40.5 Å². The fourth-order valence-electron chi connectivity index (χ4n) is 13.9. The Morgan fingerprint density at radius 1 is 0.722 bits per heavy atom. The van der Waals surface area contributed by atoms with Crippen molar-refractivity contribution in [1.82, 2.24) is 0 Å². The summed E-state index contributed by atoms with van der Waals surface area (Å²) in [5, 5.41) is 86.3. The first-order valence-corrected chi connectivity index (χ1v) is 20.7. The van der Waals surface area contributed by atoms with Gasteiger partial charge in [-0.25, -0.2) is 0 Å². The Kier molecular flexibility index (Phi) is 10.8. The zero-order valence-corrected chi connectivity index (χ0v) is 33.6. The molecule has 3 saturated heterocycles. The smallest absolute Gasteiger partial charge is 0.187 e. The van der Waals surface area contributed by atoms with Crippen molar-refractivity contribution >= 4 is 0 Å². The molecule has 13 heteroatoms. The molecule has 1 unspecified atom stereocenters. The van der Waals surface area contributed by atoms with Crippen molar-refractivity contribution in [2.45, 2.75) is 198 Å². The van der Waals surface area contributed by atoms with Gasteiger partial charge in [0.15, 0.2) is 12.6 Å². The van der Waals surface area contributed by atoms with Gasteiger partial charge in [0.25, 0.3) is 0 Å². The van der Waals surface area contributed by atoms with Crippen LogP contribution in [0.5, 0.6) is 0 Å². The minimum Gasteiger partial charge on any atom is -0.394 e. The number of hydrogen-bond donors (Lipinski definition) is 8. The van der Waals surface area contributed by atoms with Crippen LogP contribution in [0.4, 0.5) is 0 Å². The fraction of sp³-hybridized carbons (Fsp3) is 1.00. The number of aliphatic hydroxyl groups is 8. The van der Waals surface area contributed by atoms with Crippen LogP contribution in [-0.4, -0.2) is 139 Å². The van der Waals surface area contributed by atoms with E-state index in [1.54, 1.807) is 0 Å². The lowest BCUT2D eigenvalue weighted by Gasteiger charge is -2.71. The minimum atomic E-state index is -1.65. The third-order valence-electron chi connectivity index (χ3n) is 17.0. The molecule has 312 valence electrons. The van der Waals surface area contributed by atoms with Gasteiger partial charge >= 0.3 is 0 Å². The Balaban J connectivity index is 1.24. The second-order valence-corrected chi connectivity index (χ2v) is 20.6. The molecular weight excluding hydrogens is 700 g/mol. The van der Waals surface area contributed by atoms with Gasteiger partial charge in [-0.05, 0) is 124 Å². The van der Waals surface area contributed by atoms with Gasteiger partial charge in [-0.2, -0.15) is 0 Å². The molecule has 3 heterocycles. The molecule has 0 aromatic rings. The van der Waals surface area contributed by atoms with E-state index in [2.05, 4.69) is 41.5 Å². The molecule has 0 aromatic heterocycles. The third kappa shape index (κ3) is 6.28. The van der Waals surface area contributed by atoms with Crippen LogP contribution < -0.4 is 0 Å². The number of aliphatic hydroxyl groups excluding tert-OH is 7. The standard InChI is InChI=1S/C41H70O13/c1-36(2)26(44)12-14-38(5)25-10-9-20-21(41(8)16-13-27(54-41)37(3,4)49)11-15-39(20,6)40(25,7)17-23(33(36)38)51-35-32(30(47)29(46)24(18-42)52-35)53-34-31(48)28(45)22(43)19-50-34/h20-35,42-49H,9-19H2,1-8H3/t20-,21?,22-,23+,24-,25-,26+,27+,28+,29-,30+,31-,32-,33+,34+,35-,38-,39-,40-,41+/m1/s1. The second-order valence-electron chi connectivity index (χ2n) is 20.6. The van der Waals surface area contributed by atoms with Crippen LogP contribution in [0.15, 0.2) is 0 Å². The van der Waals surface area contributed by atoms with Crippen molar-refractivity contribution in [3.8, 4) is 0 Å². The highest BCUT2D eigenvalue weighted by Crippen LogP contribution is 2.76. The quantitative estimate of drug-likeness (QED) is 0.175. The average Bonchev–Trinajstić information content (AvgIpc) is 3.68. The van der Waals surface area contributed by atoms with Crippen LogP contribution in [0.2, 0.25) is 0 Å². The molecule has 13 nitrogen and oxygen atoms in total. The zero-order chi connectivity index (χ0) is 39.6. The lowest BCUT2D eigenvalue weighted by molar-refractivity contribution is -0.376. The number of rotatable bonds is 7. The van der Waals surface area contributed by atoms with Crippen LogP contribution in [0.3, 0.4) is 0 Å². The summed E-state index contributed by atoms with van der Waals surface area (Å²) in [7, 11) is 0. The van der Waals surface area contributed by atoms with Crippen LogP contribution >= 0.6 is 0 Å². The molecule has 4 saturated carbocycles. The minimum absolute atomic E-state index is 0.0841. The summed E-state index contributed by atoms with van der Waals surface area (Å²) in [5.74, 6) is 0.913. The zero-order valence-electron chi connectivity index (χ0n) is 33.6. The Bertz CT molecular complexity index is 1360. The first-order valence-electron chi connectivity index (χ1n) is 20.7. The Morgan fingerprint density at radius 2 is 1.43 bits per heavy atom. The molecule has 0 amide bonds. The largest absolute Gasteiger partial charge is 0.394 e. The normalized spacial score (nSPS) is 56.2. The molecule has 54 heavy (non-hydrogen) atoms. The molecule has 3 aliphatic heterocycles. The van der Waals surface area contributed by atoms with Gasteiger partial charge in [-0.3, -0.25) is 0 Å². The van der Waals surface area contributed by atoms with E-state index in [1.165, 1.54) is 0 Å². The van der Waals surface area contributed by atoms with Gasteiger partial charge in [-0.1, -0.05) is 34.6 Å². The maximum Gasteiger partial charge on any atom is 0.187 e. The Morgan fingerprint density at radius 3 is 2.07 bits per heavy atom. The van der Waals surface area contributed by atoms with Crippen LogP contribution in [0, 0.1) is 45.3 Å².